The molecular formula is C10H19N3O. The predicted molar refractivity (Wildman–Crippen MR) is 57.1 cm³/mol. The van der Waals surface area contributed by atoms with Gasteiger partial charge in [0.2, 0.25) is 5.91 Å². The van der Waals surface area contributed by atoms with Gasteiger partial charge in [-0.3, -0.25) is 9.69 Å². The van der Waals surface area contributed by atoms with Gasteiger partial charge in [-0.25, -0.2) is 0 Å². The molecule has 1 unspecified atom stereocenters. The Balaban J connectivity index is 2.49. The molecule has 0 saturated carbocycles. The zero-order valence-electron chi connectivity index (χ0n) is 8.75. The van der Waals surface area contributed by atoms with Crippen molar-refractivity contribution in [2.24, 2.45) is 0 Å². The molecular weight excluding hydrogens is 178 g/mol. The molecule has 0 aliphatic carbocycles. The van der Waals surface area contributed by atoms with Crippen LogP contribution in [0.25, 0.3) is 0 Å². The summed E-state index contributed by atoms with van der Waals surface area (Å²) in [6.07, 6.45) is 2.83. The lowest BCUT2D eigenvalue weighted by molar-refractivity contribution is -0.126. The summed E-state index contributed by atoms with van der Waals surface area (Å²) in [5, 5.41) is 5.92. The van der Waals surface area contributed by atoms with Crippen LogP contribution in [0.15, 0.2) is 12.7 Å². The standard InChI is InChI=1S/C10H19N3O/c1-3-4-6-13-7-5-12-8-9(13)10(14)11-2/h3,9,12H,1,4-8H2,2H3,(H,11,14). The highest BCUT2D eigenvalue weighted by atomic mass is 16.2. The fourth-order valence-electron chi connectivity index (χ4n) is 1.70. The molecule has 1 saturated heterocycles. The van der Waals surface area contributed by atoms with E-state index in [2.05, 4.69) is 22.1 Å². The number of amides is 1. The fourth-order valence-corrected chi connectivity index (χ4v) is 1.70. The van der Waals surface area contributed by atoms with E-state index in [0.717, 1.165) is 32.6 Å². The first kappa shape index (κ1) is 11.2. The van der Waals surface area contributed by atoms with Crippen molar-refractivity contribution in [3.63, 3.8) is 0 Å². The lowest BCUT2D eigenvalue weighted by atomic mass is 10.1. The van der Waals surface area contributed by atoms with Crippen LogP contribution < -0.4 is 10.6 Å². The topological polar surface area (TPSA) is 44.4 Å². The predicted octanol–water partition coefficient (Wildman–Crippen LogP) is -0.418. The van der Waals surface area contributed by atoms with Gasteiger partial charge in [-0.1, -0.05) is 6.08 Å². The largest absolute Gasteiger partial charge is 0.358 e. The average Bonchev–Trinajstić information content (AvgIpc) is 2.25. The first-order valence-corrected chi connectivity index (χ1v) is 5.07. The quantitative estimate of drug-likeness (QED) is 0.602. The van der Waals surface area contributed by atoms with Crippen molar-refractivity contribution in [1.82, 2.24) is 15.5 Å². The van der Waals surface area contributed by atoms with Gasteiger partial charge in [0.15, 0.2) is 0 Å². The molecule has 1 aliphatic heterocycles. The summed E-state index contributed by atoms with van der Waals surface area (Å²) in [5.41, 5.74) is 0. The first-order valence-electron chi connectivity index (χ1n) is 5.07. The third-order valence-corrected chi connectivity index (χ3v) is 2.52. The SMILES string of the molecule is C=CCCN1CCNCC1C(=O)NC. The number of nitrogens with one attached hydrogen (secondary N) is 2. The van der Waals surface area contributed by atoms with Gasteiger partial charge in [-0.2, -0.15) is 0 Å². The highest BCUT2D eigenvalue weighted by Crippen LogP contribution is 2.04. The number of nitrogens with zero attached hydrogens (tertiary/aromatic N) is 1. The second-order valence-corrected chi connectivity index (χ2v) is 3.45. The van der Waals surface area contributed by atoms with Crippen molar-refractivity contribution in [3.8, 4) is 0 Å². The molecule has 1 aliphatic rings. The molecule has 0 aromatic heterocycles. The number of hydrogen-bond donors (Lipinski definition) is 2. The Bertz CT molecular complexity index is 206. The van der Waals surface area contributed by atoms with Gasteiger partial charge < -0.3 is 10.6 Å². The number of hydrogen-bond acceptors (Lipinski definition) is 3. The van der Waals surface area contributed by atoms with Crippen molar-refractivity contribution < 1.29 is 4.79 Å². The molecule has 1 heterocycles. The van der Waals surface area contributed by atoms with Gasteiger partial charge in [-0.15, -0.1) is 6.58 Å². The van der Waals surface area contributed by atoms with Crippen LogP contribution in [0.4, 0.5) is 0 Å². The molecule has 1 rings (SSSR count). The van der Waals surface area contributed by atoms with Crippen molar-refractivity contribution >= 4 is 5.91 Å². The van der Waals surface area contributed by atoms with E-state index in [9.17, 15) is 4.79 Å². The molecule has 4 heteroatoms. The van der Waals surface area contributed by atoms with E-state index in [1.165, 1.54) is 0 Å². The van der Waals surface area contributed by atoms with Crippen LogP contribution >= 0.6 is 0 Å². The van der Waals surface area contributed by atoms with Crippen LogP contribution in [0.1, 0.15) is 6.42 Å². The lowest BCUT2D eigenvalue weighted by Gasteiger charge is -2.34. The van der Waals surface area contributed by atoms with E-state index in [4.69, 9.17) is 0 Å². The minimum Gasteiger partial charge on any atom is -0.358 e. The Labute approximate surface area is 85.3 Å². The summed E-state index contributed by atoms with van der Waals surface area (Å²) >= 11 is 0. The van der Waals surface area contributed by atoms with E-state index in [-0.39, 0.29) is 11.9 Å². The van der Waals surface area contributed by atoms with Gasteiger partial charge in [-0.05, 0) is 6.42 Å². The Hall–Kier alpha value is -0.870. The molecule has 2 N–H and O–H groups in total. The van der Waals surface area contributed by atoms with E-state index in [1.807, 2.05) is 6.08 Å². The first-order chi connectivity index (χ1) is 6.79. The molecule has 0 aromatic carbocycles. The summed E-state index contributed by atoms with van der Waals surface area (Å²) < 4.78 is 0. The summed E-state index contributed by atoms with van der Waals surface area (Å²) in [7, 11) is 1.68. The second-order valence-electron chi connectivity index (χ2n) is 3.45. The number of carbonyl (C=O) groups is 1. The van der Waals surface area contributed by atoms with E-state index >= 15 is 0 Å². The van der Waals surface area contributed by atoms with Crippen LogP contribution in [-0.2, 0) is 4.79 Å². The second kappa shape index (κ2) is 5.78. The maximum Gasteiger partial charge on any atom is 0.238 e. The molecule has 14 heavy (non-hydrogen) atoms. The Morgan fingerprint density at radius 1 is 1.79 bits per heavy atom. The van der Waals surface area contributed by atoms with Gasteiger partial charge in [0.05, 0.1) is 0 Å². The maximum atomic E-state index is 11.5. The minimum absolute atomic E-state index is 0.0197. The summed E-state index contributed by atoms with van der Waals surface area (Å²) in [4.78, 5) is 13.7. The molecule has 0 bridgehead atoms. The van der Waals surface area contributed by atoms with E-state index in [1.54, 1.807) is 7.05 Å². The van der Waals surface area contributed by atoms with Crippen LogP contribution in [0.5, 0.6) is 0 Å². The maximum absolute atomic E-state index is 11.5. The zero-order chi connectivity index (χ0) is 10.4. The fraction of sp³-hybridized carbons (Fsp3) is 0.700. The monoisotopic (exact) mass is 197 g/mol. The van der Waals surface area contributed by atoms with E-state index < -0.39 is 0 Å². The zero-order valence-corrected chi connectivity index (χ0v) is 8.75. The van der Waals surface area contributed by atoms with Crippen molar-refractivity contribution in [2.45, 2.75) is 12.5 Å². The molecule has 0 aromatic rings. The number of likely N-dealkylation sites (N-methyl/N-ethyl adjacent to an activating group) is 1. The number of carbonyl (C=O) groups excluding carboxylic acids is 1. The minimum atomic E-state index is -0.0197. The number of piperazine rings is 1. The highest BCUT2D eigenvalue weighted by Gasteiger charge is 2.26. The Kier molecular flexibility index (Phi) is 4.62. The highest BCUT2D eigenvalue weighted by molar-refractivity contribution is 5.81. The van der Waals surface area contributed by atoms with Crippen LogP contribution in [0.3, 0.4) is 0 Å². The van der Waals surface area contributed by atoms with Crippen LogP contribution in [0, 0.1) is 0 Å². The van der Waals surface area contributed by atoms with Gasteiger partial charge >= 0.3 is 0 Å². The van der Waals surface area contributed by atoms with Gasteiger partial charge in [0.1, 0.15) is 6.04 Å². The molecule has 0 radical (unpaired) electrons. The Morgan fingerprint density at radius 3 is 3.21 bits per heavy atom. The third-order valence-electron chi connectivity index (χ3n) is 2.52. The molecule has 1 atom stereocenters. The summed E-state index contributed by atoms with van der Waals surface area (Å²) in [6.45, 7) is 7.26. The molecule has 1 amide bonds. The molecule has 0 spiro atoms. The Morgan fingerprint density at radius 2 is 2.57 bits per heavy atom. The van der Waals surface area contributed by atoms with Gasteiger partial charge in [0.25, 0.3) is 0 Å². The van der Waals surface area contributed by atoms with E-state index in [0.29, 0.717) is 0 Å². The smallest absolute Gasteiger partial charge is 0.238 e. The normalized spacial score (nSPS) is 23.1. The van der Waals surface area contributed by atoms with Crippen molar-refractivity contribution in [3.05, 3.63) is 12.7 Å². The van der Waals surface area contributed by atoms with Gasteiger partial charge in [0, 0.05) is 33.2 Å². The lowest BCUT2D eigenvalue weighted by Crippen LogP contribution is -2.57. The molecule has 1 fully saturated rings. The summed E-state index contributed by atoms with van der Waals surface area (Å²) in [6, 6.07) is -0.0197. The van der Waals surface area contributed by atoms with Crippen molar-refractivity contribution in [2.75, 3.05) is 33.2 Å². The third kappa shape index (κ3) is 2.82. The molecule has 80 valence electrons. The van der Waals surface area contributed by atoms with Crippen molar-refractivity contribution in [1.29, 1.82) is 0 Å². The van der Waals surface area contributed by atoms with Crippen LogP contribution in [0.2, 0.25) is 0 Å². The average molecular weight is 197 g/mol. The van der Waals surface area contributed by atoms with Crippen LogP contribution in [-0.4, -0.2) is 50.1 Å². The molecule has 4 nitrogen and oxygen atoms in total. The summed E-state index contributed by atoms with van der Waals surface area (Å²) in [5.74, 6) is 0.0984. The number of rotatable bonds is 4.